The molecular weight excluding hydrogens is 194 g/mol. The van der Waals surface area contributed by atoms with Gasteiger partial charge in [0.2, 0.25) is 5.91 Å². The second-order valence-corrected chi connectivity index (χ2v) is 4.16. The third-order valence-electron chi connectivity index (χ3n) is 2.17. The first kappa shape index (κ1) is 13.7. The third-order valence-corrected chi connectivity index (χ3v) is 2.17. The first-order valence-electron chi connectivity index (χ1n) is 5.21. The van der Waals surface area contributed by atoms with Gasteiger partial charge in [-0.2, -0.15) is 0 Å². The van der Waals surface area contributed by atoms with Crippen molar-refractivity contribution >= 4 is 11.7 Å². The van der Waals surface area contributed by atoms with Crippen LogP contribution >= 0.6 is 0 Å². The molecule has 0 aliphatic carbocycles. The molecule has 0 aromatic carbocycles. The third kappa shape index (κ3) is 6.76. The Hall–Kier alpha value is -1.26. The Kier molecular flexibility index (Phi) is 6.49. The second-order valence-electron chi connectivity index (χ2n) is 4.16. The molecule has 0 aliphatic heterocycles. The summed E-state index contributed by atoms with van der Waals surface area (Å²) in [5.74, 6) is 0.538. The lowest BCUT2D eigenvalue weighted by atomic mass is 10.1. The number of amidine groups is 1. The number of hydrogen-bond donors (Lipinski definition) is 3. The van der Waals surface area contributed by atoms with Crippen molar-refractivity contribution in [1.29, 1.82) is 0 Å². The zero-order valence-electron chi connectivity index (χ0n) is 9.66. The number of nitrogens with zero attached hydrogens (tertiary/aromatic N) is 1. The van der Waals surface area contributed by atoms with Crippen LogP contribution < -0.4 is 11.1 Å². The van der Waals surface area contributed by atoms with E-state index in [1.165, 1.54) is 0 Å². The van der Waals surface area contributed by atoms with Crippen LogP contribution in [-0.2, 0) is 4.79 Å². The van der Waals surface area contributed by atoms with Crippen LogP contribution in [0.3, 0.4) is 0 Å². The van der Waals surface area contributed by atoms with Crippen molar-refractivity contribution in [2.45, 2.75) is 33.6 Å². The molecule has 0 radical (unpaired) electrons. The maximum atomic E-state index is 11.3. The van der Waals surface area contributed by atoms with Crippen LogP contribution in [0.4, 0.5) is 0 Å². The summed E-state index contributed by atoms with van der Waals surface area (Å²) in [5.41, 5.74) is 5.37. The van der Waals surface area contributed by atoms with Gasteiger partial charge in [-0.3, -0.25) is 4.79 Å². The highest BCUT2D eigenvalue weighted by atomic mass is 16.4. The Morgan fingerprint density at radius 3 is 2.53 bits per heavy atom. The summed E-state index contributed by atoms with van der Waals surface area (Å²) in [6.07, 6.45) is 1.41. The topological polar surface area (TPSA) is 87.7 Å². The fraction of sp³-hybridized carbons (Fsp3) is 0.800. The SMILES string of the molecule is CC(C)CCC(=O)NCC(C)C(N)=NO. The second kappa shape index (κ2) is 7.09. The van der Waals surface area contributed by atoms with Crippen LogP contribution in [0.25, 0.3) is 0 Å². The van der Waals surface area contributed by atoms with Crippen LogP contribution in [0.15, 0.2) is 5.16 Å². The van der Waals surface area contributed by atoms with Crippen LogP contribution in [0, 0.1) is 11.8 Å². The maximum Gasteiger partial charge on any atom is 0.220 e. The fourth-order valence-electron chi connectivity index (χ4n) is 0.978. The van der Waals surface area contributed by atoms with Gasteiger partial charge in [0.15, 0.2) is 0 Å². The summed E-state index contributed by atoms with van der Waals surface area (Å²) in [5, 5.41) is 14.0. The molecule has 0 saturated carbocycles. The molecule has 0 bridgehead atoms. The molecule has 1 amide bonds. The Labute approximate surface area is 90.7 Å². The predicted octanol–water partition coefficient (Wildman–Crippen LogP) is 0.921. The number of carbonyl (C=O) groups is 1. The minimum atomic E-state index is -0.141. The van der Waals surface area contributed by atoms with Crippen molar-refractivity contribution in [2.24, 2.45) is 22.7 Å². The van der Waals surface area contributed by atoms with Gasteiger partial charge < -0.3 is 16.3 Å². The van der Waals surface area contributed by atoms with Gasteiger partial charge in [0.05, 0.1) is 0 Å². The van der Waals surface area contributed by atoms with Crippen molar-refractivity contribution in [3.8, 4) is 0 Å². The first-order chi connectivity index (χ1) is 6.97. The molecule has 1 atom stereocenters. The molecule has 88 valence electrons. The zero-order chi connectivity index (χ0) is 11.8. The van der Waals surface area contributed by atoms with E-state index in [1.807, 2.05) is 0 Å². The van der Waals surface area contributed by atoms with E-state index in [4.69, 9.17) is 10.9 Å². The average molecular weight is 215 g/mol. The van der Waals surface area contributed by atoms with Crippen molar-refractivity contribution in [3.63, 3.8) is 0 Å². The van der Waals surface area contributed by atoms with Gasteiger partial charge in [0.1, 0.15) is 5.84 Å². The molecule has 5 heteroatoms. The van der Waals surface area contributed by atoms with E-state index in [1.54, 1.807) is 6.92 Å². The molecule has 0 heterocycles. The van der Waals surface area contributed by atoms with Gasteiger partial charge in [-0.1, -0.05) is 25.9 Å². The van der Waals surface area contributed by atoms with E-state index in [2.05, 4.69) is 24.3 Å². The fourth-order valence-corrected chi connectivity index (χ4v) is 0.978. The van der Waals surface area contributed by atoms with Gasteiger partial charge in [-0.05, 0) is 12.3 Å². The van der Waals surface area contributed by atoms with E-state index in [0.29, 0.717) is 18.9 Å². The molecule has 5 nitrogen and oxygen atoms in total. The molecule has 0 aromatic rings. The van der Waals surface area contributed by atoms with Crippen LogP contribution in [0.2, 0.25) is 0 Å². The predicted molar refractivity (Wildman–Crippen MR) is 59.7 cm³/mol. The van der Waals surface area contributed by atoms with Gasteiger partial charge in [-0.15, -0.1) is 0 Å². The lowest BCUT2D eigenvalue weighted by Crippen LogP contribution is -2.34. The van der Waals surface area contributed by atoms with Crippen molar-refractivity contribution in [2.75, 3.05) is 6.54 Å². The van der Waals surface area contributed by atoms with E-state index in [-0.39, 0.29) is 17.7 Å². The van der Waals surface area contributed by atoms with E-state index < -0.39 is 0 Å². The first-order valence-corrected chi connectivity index (χ1v) is 5.21. The molecule has 4 N–H and O–H groups in total. The van der Waals surface area contributed by atoms with Crippen molar-refractivity contribution in [1.82, 2.24) is 5.32 Å². The number of hydrogen-bond acceptors (Lipinski definition) is 3. The van der Waals surface area contributed by atoms with Gasteiger partial charge in [0.25, 0.3) is 0 Å². The van der Waals surface area contributed by atoms with Crippen molar-refractivity contribution in [3.05, 3.63) is 0 Å². The molecular formula is C10H21N3O2. The van der Waals surface area contributed by atoms with Gasteiger partial charge in [-0.25, -0.2) is 0 Å². The highest BCUT2D eigenvalue weighted by Crippen LogP contribution is 2.03. The molecule has 1 unspecified atom stereocenters. The summed E-state index contributed by atoms with van der Waals surface area (Å²) in [4.78, 5) is 11.3. The smallest absolute Gasteiger partial charge is 0.220 e. The molecule has 0 aliphatic rings. The van der Waals surface area contributed by atoms with Crippen molar-refractivity contribution < 1.29 is 10.0 Å². The number of amides is 1. The number of nitrogens with two attached hydrogens (primary N) is 1. The van der Waals surface area contributed by atoms with Gasteiger partial charge >= 0.3 is 0 Å². The highest BCUT2D eigenvalue weighted by molar-refractivity contribution is 5.83. The number of nitrogens with one attached hydrogen (secondary N) is 1. The molecule has 0 aromatic heterocycles. The molecule has 0 spiro atoms. The van der Waals surface area contributed by atoms with Crippen LogP contribution in [-0.4, -0.2) is 23.5 Å². The van der Waals surface area contributed by atoms with Crippen LogP contribution in [0.1, 0.15) is 33.6 Å². The Balaban J connectivity index is 3.71. The number of oxime groups is 1. The number of rotatable bonds is 6. The lowest BCUT2D eigenvalue weighted by Gasteiger charge is -2.11. The normalized spacial score (nSPS) is 14.0. The Bertz CT molecular complexity index is 227. The minimum absolute atomic E-state index is 0.0151. The average Bonchev–Trinajstić information content (AvgIpc) is 2.21. The Morgan fingerprint density at radius 2 is 2.07 bits per heavy atom. The lowest BCUT2D eigenvalue weighted by molar-refractivity contribution is -0.121. The minimum Gasteiger partial charge on any atom is -0.409 e. The van der Waals surface area contributed by atoms with E-state index in [0.717, 1.165) is 6.42 Å². The largest absolute Gasteiger partial charge is 0.409 e. The van der Waals surface area contributed by atoms with E-state index >= 15 is 0 Å². The quantitative estimate of drug-likeness (QED) is 0.266. The summed E-state index contributed by atoms with van der Waals surface area (Å²) in [7, 11) is 0. The molecule has 0 rings (SSSR count). The zero-order valence-corrected chi connectivity index (χ0v) is 9.66. The van der Waals surface area contributed by atoms with Gasteiger partial charge in [0, 0.05) is 18.9 Å². The molecule has 0 fully saturated rings. The molecule has 15 heavy (non-hydrogen) atoms. The summed E-state index contributed by atoms with van der Waals surface area (Å²) in [6.45, 7) is 6.35. The Morgan fingerprint density at radius 1 is 1.47 bits per heavy atom. The summed E-state index contributed by atoms with van der Waals surface area (Å²) >= 11 is 0. The van der Waals surface area contributed by atoms with E-state index in [9.17, 15) is 4.79 Å². The summed E-state index contributed by atoms with van der Waals surface area (Å²) in [6, 6.07) is 0. The highest BCUT2D eigenvalue weighted by Gasteiger charge is 2.09. The monoisotopic (exact) mass is 215 g/mol. The summed E-state index contributed by atoms with van der Waals surface area (Å²) < 4.78 is 0. The maximum absolute atomic E-state index is 11.3. The standard InChI is InChI=1S/C10H21N3O2/c1-7(2)4-5-9(14)12-6-8(3)10(11)13-15/h7-8,15H,4-6H2,1-3H3,(H2,11,13)(H,12,14). The molecule has 0 saturated heterocycles. The number of carbonyl (C=O) groups excluding carboxylic acids is 1. The van der Waals surface area contributed by atoms with Crippen LogP contribution in [0.5, 0.6) is 0 Å².